The van der Waals surface area contributed by atoms with Crippen LogP contribution in [0.25, 0.3) is 0 Å². The van der Waals surface area contributed by atoms with Crippen LogP contribution in [0.15, 0.2) is 40.8 Å². The van der Waals surface area contributed by atoms with Gasteiger partial charge in [0.1, 0.15) is 10.9 Å². The van der Waals surface area contributed by atoms with E-state index in [9.17, 15) is 21.6 Å². The number of sulfonamides is 1. The molecule has 3 fully saturated rings. The molecule has 3 atom stereocenters. The van der Waals surface area contributed by atoms with Gasteiger partial charge in [0.25, 0.3) is 10.0 Å². The number of halogens is 3. The highest BCUT2D eigenvalue weighted by atomic mass is 32.2. The van der Waals surface area contributed by atoms with Crippen LogP contribution in [0.4, 0.5) is 13.2 Å². The quantitative estimate of drug-likeness (QED) is 0.465. The van der Waals surface area contributed by atoms with E-state index in [1.54, 1.807) is 13.8 Å². The first-order valence-electron chi connectivity index (χ1n) is 13.6. The summed E-state index contributed by atoms with van der Waals surface area (Å²) < 4.78 is 74.9. The smallest absolute Gasteiger partial charge is 0.390 e. The van der Waals surface area contributed by atoms with E-state index in [-0.39, 0.29) is 24.0 Å². The summed E-state index contributed by atoms with van der Waals surface area (Å²) in [6, 6.07) is 7.64. The van der Waals surface area contributed by atoms with Crippen molar-refractivity contribution >= 4 is 16.0 Å². The van der Waals surface area contributed by atoms with Crippen LogP contribution in [-0.4, -0.2) is 56.3 Å². The number of hydrogen-bond donors (Lipinski definition) is 1. The molecule has 0 bridgehead atoms. The molecule has 0 amide bonds. The van der Waals surface area contributed by atoms with Crippen LogP contribution < -0.4 is 5.32 Å². The zero-order chi connectivity index (χ0) is 27.3. The highest BCUT2D eigenvalue weighted by Crippen LogP contribution is 2.50. The molecule has 5 rings (SSSR count). The third-order valence-corrected chi connectivity index (χ3v) is 10.8. The van der Waals surface area contributed by atoms with Gasteiger partial charge < -0.3 is 15.0 Å². The Morgan fingerprint density at radius 2 is 1.79 bits per heavy atom. The number of likely N-dealkylation sites (tertiary alicyclic amines) is 1. The number of piperidine rings is 1. The fourth-order valence-electron chi connectivity index (χ4n) is 7.15. The predicted molar refractivity (Wildman–Crippen MR) is 141 cm³/mol. The number of alkyl halides is 3. The highest BCUT2D eigenvalue weighted by Gasteiger charge is 2.52. The Morgan fingerprint density at radius 3 is 2.42 bits per heavy atom. The number of benzene rings is 1. The molecule has 1 N–H and O–H groups in total. The number of nitrogens with zero attached hydrogens (tertiary/aromatic N) is 2. The Hall–Kier alpha value is -2.07. The van der Waals surface area contributed by atoms with Crippen molar-refractivity contribution in [2.24, 2.45) is 10.3 Å². The van der Waals surface area contributed by atoms with E-state index in [2.05, 4.69) is 16.3 Å². The van der Waals surface area contributed by atoms with Crippen LogP contribution in [0.5, 0.6) is 0 Å². The molecule has 210 valence electrons. The lowest BCUT2D eigenvalue weighted by Gasteiger charge is -2.40. The van der Waals surface area contributed by atoms with Gasteiger partial charge in [-0.05, 0) is 88.4 Å². The van der Waals surface area contributed by atoms with Gasteiger partial charge in [-0.25, -0.2) is 8.42 Å². The Balaban J connectivity index is 1.27. The zero-order valence-corrected chi connectivity index (χ0v) is 23.0. The third kappa shape index (κ3) is 5.62. The molecule has 1 saturated heterocycles. The van der Waals surface area contributed by atoms with Crippen LogP contribution in [0.1, 0.15) is 87.5 Å². The largest absolute Gasteiger partial charge is 0.457 e. The van der Waals surface area contributed by atoms with Crippen LogP contribution in [0, 0.1) is 5.92 Å². The number of fused-ring (bicyclic) bond motifs is 1. The van der Waals surface area contributed by atoms with E-state index >= 15 is 0 Å². The van der Waals surface area contributed by atoms with Crippen molar-refractivity contribution in [1.82, 2.24) is 10.2 Å². The summed E-state index contributed by atoms with van der Waals surface area (Å²) in [4.78, 5) is 1.87. The van der Waals surface area contributed by atoms with Gasteiger partial charge in [0.05, 0.1) is 6.42 Å². The van der Waals surface area contributed by atoms with Gasteiger partial charge in [-0.15, -0.1) is 4.40 Å². The molecule has 0 radical (unpaired) electrons. The van der Waals surface area contributed by atoms with E-state index in [4.69, 9.17) is 4.74 Å². The predicted octanol–water partition coefficient (Wildman–Crippen LogP) is 5.83. The van der Waals surface area contributed by atoms with E-state index in [0.29, 0.717) is 24.6 Å². The number of hydrogen-bond acceptors (Lipinski definition) is 5. The van der Waals surface area contributed by atoms with Gasteiger partial charge in [-0.3, -0.25) is 0 Å². The molecule has 2 unspecified atom stereocenters. The summed E-state index contributed by atoms with van der Waals surface area (Å²) in [5.41, 5.74) is 1.63. The van der Waals surface area contributed by atoms with Crippen molar-refractivity contribution in [1.29, 1.82) is 0 Å². The maximum Gasteiger partial charge on any atom is 0.390 e. The van der Waals surface area contributed by atoms with Crippen molar-refractivity contribution in [3.8, 4) is 0 Å². The minimum Gasteiger partial charge on any atom is -0.457 e. The molecule has 0 aromatic heterocycles. The molecule has 6 nitrogen and oxygen atoms in total. The average molecular weight is 554 g/mol. The van der Waals surface area contributed by atoms with E-state index in [1.165, 1.54) is 5.57 Å². The van der Waals surface area contributed by atoms with E-state index in [1.807, 2.05) is 29.2 Å². The van der Waals surface area contributed by atoms with E-state index in [0.717, 1.165) is 50.5 Å². The van der Waals surface area contributed by atoms with Crippen LogP contribution in [0.2, 0.25) is 0 Å². The number of nitrogens with one attached hydrogen (secondary N) is 1. The van der Waals surface area contributed by atoms with Gasteiger partial charge in [-0.2, -0.15) is 13.2 Å². The molecule has 2 aliphatic heterocycles. The molecule has 4 aliphatic rings. The summed E-state index contributed by atoms with van der Waals surface area (Å²) in [6.07, 6.45) is 1.55. The summed E-state index contributed by atoms with van der Waals surface area (Å²) in [6.45, 7) is 9.02. The lowest BCUT2D eigenvalue weighted by atomic mass is 9.88. The Kier molecular flexibility index (Phi) is 7.12. The lowest BCUT2D eigenvalue weighted by molar-refractivity contribution is -0.138. The van der Waals surface area contributed by atoms with Gasteiger partial charge in [0.2, 0.25) is 0 Å². The van der Waals surface area contributed by atoms with Gasteiger partial charge in [0, 0.05) is 12.1 Å². The molecule has 2 heterocycles. The molecule has 1 aromatic rings. The summed E-state index contributed by atoms with van der Waals surface area (Å²) in [5.74, 6) is 0.667. The molecular formula is C28H38F3N3O3S. The second-order valence-electron chi connectivity index (χ2n) is 12.1. The average Bonchev–Trinajstić information content (AvgIpc) is 3.31. The second kappa shape index (κ2) is 9.84. The Labute approximate surface area is 223 Å². The minimum atomic E-state index is -4.13. The highest BCUT2D eigenvalue weighted by molar-refractivity contribution is 7.90. The lowest BCUT2D eigenvalue weighted by Crippen LogP contribution is -2.54. The van der Waals surface area contributed by atoms with Crippen molar-refractivity contribution < 1.29 is 26.3 Å². The summed E-state index contributed by atoms with van der Waals surface area (Å²) in [7, 11) is -3.90. The normalized spacial score (nSPS) is 31.5. The first-order chi connectivity index (χ1) is 17.8. The Morgan fingerprint density at radius 1 is 1.13 bits per heavy atom. The van der Waals surface area contributed by atoms with Gasteiger partial charge in [-0.1, -0.05) is 42.8 Å². The third-order valence-electron chi connectivity index (χ3n) is 8.92. The van der Waals surface area contributed by atoms with Crippen LogP contribution in [0.3, 0.4) is 0 Å². The topological polar surface area (TPSA) is 71.0 Å². The Bertz CT molecular complexity index is 1190. The van der Waals surface area contributed by atoms with Gasteiger partial charge in [0.15, 0.2) is 0 Å². The van der Waals surface area contributed by atoms with Crippen LogP contribution in [-0.2, 0) is 14.8 Å². The fraction of sp³-hybridized carbons (Fsp3) is 0.679. The molecule has 38 heavy (non-hydrogen) atoms. The molecule has 1 aromatic carbocycles. The zero-order valence-electron chi connectivity index (χ0n) is 22.2. The minimum absolute atomic E-state index is 0.0394. The molecule has 0 spiro atoms. The molecule has 2 aliphatic carbocycles. The summed E-state index contributed by atoms with van der Waals surface area (Å²) >= 11 is 0. The number of amidine groups is 1. The summed E-state index contributed by atoms with van der Waals surface area (Å²) in [5, 5.41) is 2.45. The molecule has 10 heteroatoms. The van der Waals surface area contributed by atoms with Crippen molar-refractivity contribution in [2.75, 3.05) is 19.6 Å². The van der Waals surface area contributed by atoms with Crippen LogP contribution >= 0.6 is 0 Å². The number of rotatable bonds is 5. The van der Waals surface area contributed by atoms with Gasteiger partial charge >= 0.3 is 12.2 Å². The molecule has 2 saturated carbocycles. The second-order valence-corrected chi connectivity index (χ2v) is 13.8. The van der Waals surface area contributed by atoms with Crippen molar-refractivity contribution in [3.05, 3.63) is 47.5 Å². The first kappa shape index (κ1) is 27.5. The SMILES string of the molecule is C=C1CC2CCCC2(NC2=NS(=O)(=O)[C@@H](c3ccc(C4CCN(CCC(F)(F)F)CC4)cc3)C(C)(C)O2)C1. The maximum atomic E-state index is 13.5. The fourth-order valence-corrected chi connectivity index (χ4v) is 8.84. The standard InChI is InChI=1S/C28H38F3N3O3S/c1-19-17-23-5-4-12-27(23,18-19)32-25-33-38(35,36)24(26(2,3)37-25)22-8-6-20(7-9-22)21-10-14-34(15-11-21)16-13-28(29,30)31/h6-9,21,23-24H,1,4-5,10-18H2,2-3H3,(H,32,33)/t23?,24-,27?/m0/s1. The van der Waals surface area contributed by atoms with E-state index < -0.39 is 33.5 Å². The van der Waals surface area contributed by atoms with Crippen molar-refractivity contribution in [3.63, 3.8) is 0 Å². The monoisotopic (exact) mass is 553 g/mol. The molecular weight excluding hydrogens is 515 g/mol. The number of ether oxygens (including phenoxy) is 1. The van der Waals surface area contributed by atoms with Crippen molar-refractivity contribution in [2.45, 2.75) is 93.7 Å². The first-order valence-corrected chi connectivity index (χ1v) is 15.1. The maximum absolute atomic E-state index is 13.5.